The van der Waals surface area contributed by atoms with E-state index in [1.807, 2.05) is 13.0 Å². The Kier molecular flexibility index (Phi) is 6.09. The lowest BCUT2D eigenvalue weighted by Gasteiger charge is -2.56. The highest BCUT2D eigenvalue weighted by atomic mass is 35.5. The lowest BCUT2D eigenvalue weighted by atomic mass is 9.60. The molecule has 7 nitrogen and oxygen atoms in total. The standard InChI is InChI=1S/C23H25ClFN3O4/c1-14-4-9-26-18(10-14)21(31)28-22-5-7-23(8-6-22,19(29)12-22)27-20(30)13-32-15-2-3-16(24)17(25)11-15/h2-4,9-11,19,29H,5-8,12-13H2,1H3,(H,27,30)(H,28,31). The monoisotopic (exact) mass is 461 g/mol. The molecule has 0 spiro atoms. The zero-order chi connectivity index (χ0) is 22.9. The first kappa shape index (κ1) is 22.5. The molecule has 2 amide bonds. The van der Waals surface area contributed by atoms with E-state index in [9.17, 15) is 19.1 Å². The van der Waals surface area contributed by atoms with Crippen molar-refractivity contribution in [3.8, 4) is 5.75 Å². The third kappa shape index (κ3) is 4.56. The number of aryl methyl sites for hydroxylation is 1. The summed E-state index contributed by atoms with van der Waals surface area (Å²) in [6, 6.07) is 7.50. The summed E-state index contributed by atoms with van der Waals surface area (Å²) in [5.74, 6) is -1.10. The molecule has 3 N–H and O–H groups in total. The Morgan fingerprint density at radius 1 is 1.22 bits per heavy atom. The number of halogens is 2. The Morgan fingerprint density at radius 2 is 1.97 bits per heavy atom. The van der Waals surface area contributed by atoms with Crippen LogP contribution in [-0.2, 0) is 4.79 Å². The van der Waals surface area contributed by atoms with Gasteiger partial charge in [-0.1, -0.05) is 11.6 Å². The zero-order valence-corrected chi connectivity index (χ0v) is 18.4. The number of nitrogens with one attached hydrogen (secondary N) is 2. The van der Waals surface area contributed by atoms with Gasteiger partial charge in [0.1, 0.15) is 17.3 Å². The third-order valence-corrected chi connectivity index (χ3v) is 6.80. The van der Waals surface area contributed by atoms with Gasteiger partial charge in [-0.2, -0.15) is 0 Å². The lowest BCUT2D eigenvalue weighted by molar-refractivity contribution is -0.132. The van der Waals surface area contributed by atoms with Crippen molar-refractivity contribution in [2.24, 2.45) is 0 Å². The Hall–Kier alpha value is -2.71. The predicted molar refractivity (Wildman–Crippen MR) is 116 cm³/mol. The first-order valence-electron chi connectivity index (χ1n) is 10.5. The Labute approximate surface area is 190 Å². The molecule has 1 heterocycles. The van der Waals surface area contributed by atoms with Crippen LogP contribution in [0.5, 0.6) is 5.75 Å². The van der Waals surface area contributed by atoms with Crippen LogP contribution in [0.1, 0.15) is 48.2 Å². The largest absolute Gasteiger partial charge is 0.484 e. The van der Waals surface area contributed by atoms with Gasteiger partial charge in [-0.15, -0.1) is 0 Å². The quantitative estimate of drug-likeness (QED) is 0.614. The van der Waals surface area contributed by atoms with E-state index < -0.39 is 28.9 Å². The van der Waals surface area contributed by atoms with Gasteiger partial charge in [-0.25, -0.2) is 4.39 Å². The summed E-state index contributed by atoms with van der Waals surface area (Å²) in [4.78, 5) is 29.3. The summed E-state index contributed by atoms with van der Waals surface area (Å²) >= 11 is 5.65. The number of hydrogen-bond donors (Lipinski definition) is 3. The second-order valence-corrected chi connectivity index (χ2v) is 9.15. The average Bonchev–Trinajstić information content (AvgIpc) is 2.76. The molecule has 5 rings (SSSR count). The average molecular weight is 462 g/mol. The molecule has 3 aliphatic rings. The van der Waals surface area contributed by atoms with Crippen LogP contribution in [0.2, 0.25) is 5.02 Å². The summed E-state index contributed by atoms with van der Waals surface area (Å²) in [6.45, 7) is 1.59. The minimum absolute atomic E-state index is 0.0259. The van der Waals surface area contributed by atoms with Gasteiger partial charge in [-0.05, 0) is 68.9 Å². The van der Waals surface area contributed by atoms with Crippen LogP contribution >= 0.6 is 11.6 Å². The van der Waals surface area contributed by atoms with Crippen molar-refractivity contribution >= 4 is 23.4 Å². The number of fused-ring (bicyclic) bond motifs is 3. The summed E-state index contributed by atoms with van der Waals surface area (Å²) in [7, 11) is 0. The SMILES string of the molecule is Cc1ccnc(C(=O)NC23CCC(NC(=O)COc4ccc(Cl)c(F)c4)(CC2)C(O)C3)c1. The van der Waals surface area contributed by atoms with Crippen LogP contribution in [0.25, 0.3) is 0 Å². The van der Waals surface area contributed by atoms with E-state index >= 15 is 0 Å². The molecule has 1 aromatic carbocycles. The summed E-state index contributed by atoms with van der Waals surface area (Å²) < 4.78 is 18.9. The van der Waals surface area contributed by atoms with E-state index in [4.69, 9.17) is 16.3 Å². The summed E-state index contributed by atoms with van der Waals surface area (Å²) in [5.41, 5.74) is 0.00602. The van der Waals surface area contributed by atoms with Crippen molar-refractivity contribution in [1.82, 2.24) is 15.6 Å². The van der Waals surface area contributed by atoms with Crippen LogP contribution in [0, 0.1) is 12.7 Å². The minimum Gasteiger partial charge on any atom is -0.484 e. The van der Waals surface area contributed by atoms with Crippen molar-refractivity contribution in [3.63, 3.8) is 0 Å². The van der Waals surface area contributed by atoms with Crippen molar-refractivity contribution < 1.29 is 23.8 Å². The van der Waals surface area contributed by atoms with Gasteiger partial charge in [0.25, 0.3) is 11.8 Å². The van der Waals surface area contributed by atoms with Gasteiger partial charge in [0.2, 0.25) is 0 Å². The zero-order valence-electron chi connectivity index (χ0n) is 17.7. The molecule has 2 aromatic rings. The smallest absolute Gasteiger partial charge is 0.270 e. The number of nitrogens with zero attached hydrogens (tertiary/aromatic N) is 1. The number of pyridine rings is 1. The van der Waals surface area contributed by atoms with Crippen LogP contribution in [-0.4, -0.2) is 45.7 Å². The molecule has 1 unspecified atom stereocenters. The first-order valence-corrected chi connectivity index (χ1v) is 10.9. The van der Waals surface area contributed by atoms with Crippen molar-refractivity contribution in [3.05, 3.63) is 58.6 Å². The van der Waals surface area contributed by atoms with E-state index in [1.54, 1.807) is 12.3 Å². The van der Waals surface area contributed by atoms with E-state index in [0.29, 0.717) is 37.8 Å². The Bertz CT molecular complexity index is 1040. The van der Waals surface area contributed by atoms with Gasteiger partial charge >= 0.3 is 0 Å². The highest BCUT2D eigenvalue weighted by Crippen LogP contribution is 2.47. The lowest BCUT2D eigenvalue weighted by Crippen LogP contribution is -2.70. The van der Waals surface area contributed by atoms with E-state index in [1.165, 1.54) is 12.1 Å². The molecular formula is C23H25ClFN3O4. The van der Waals surface area contributed by atoms with E-state index in [-0.39, 0.29) is 23.3 Å². The molecule has 3 fully saturated rings. The highest BCUT2D eigenvalue weighted by Gasteiger charge is 2.55. The summed E-state index contributed by atoms with van der Waals surface area (Å²) in [5, 5.41) is 16.8. The van der Waals surface area contributed by atoms with E-state index in [2.05, 4.69) is 15.6 Å². The van der Waals surface area contributed by atoms with Gasteiger partial charge in [0, 0.05) is 17.8 Å². The fourth-order valence-electron chi connectivity index (χ4n) is 4.66. The van der Waals surface area contributed by atoms with Crippen LogP contribution in [0.3, 0.4) is 0 Å². The molecule has 170 valence electrons. The number of carbonyl (C=O) groups is 2. The van der Waals surface area contributed by atoms with Gasteiger partial charge in [-0.3, -0.25) is 14.6 Å². The molecule has 32 heavy (non-hydrogen) atoms. The molecule has 2 bridgehead atoms. The molecule has 1 atom stereocenters. The van der Waals surface area contributed by atoms with Gasteiger partial charge in [0.15, 0.2) is 6.61 Å². The van der Waals surface area contributed by atoms with Crippen molar-refractivity contribution in [2.75, 3.05) is 6.61 Å². The number of aromatic nitrogens is 1. The Morgan fingerprint density at radius 3 is 2.62 bits per heavy atom. The van der Waals surface area contributed by atoms with Crippen molar-refractivity contribution in [1.29, 1.82) is 0 Å². The molecule has 1 aromatic heterocycles. The number of rotatable bonds is 6. The van der Waals surface area contributed by atoms with Gasteiger partial charge in [0.05, 0.1) is 16.7 Å². The maximum Gasteiger partial charge on any atom is 0.270 e. The topological polar surface area (TPSA) is 101 Å². The number of hydrogen-bond acceptors (Lipinski definition) is 5. The highest BCUT2D eigenvalue weighted by molar-refractivity contribution is 6.30. The molecule has 9 heteroatoms. The number of aliphatic hydroxyl groups excluding tert-OH is 1. The van der Waals surface area contributed by atoms with Crippen molar-refractivity contribution in [2.45, 2.75) is 56.2 Å². The van der Waals surface area contributed by atoms with E-state index in [0.717, 1.165) is 11.6 Å². The normalized spacial score (nSPS) is 26.4. The molecular weight excluding hydrogens is 437 g/mol. The Balaban J connectivity index is 1.35. The number of ether oxygens (including phenoxy) is 1. The predicted octanol–water partition coefficient (Wildman–Crippen LogP) is 2.92. The third-order valence-electron chi connectivity index (χ3n) is 6.50. The summed E-state index contributed by atoms with van der Waals surface area (Å²) in [6.07, 6.45) is 3.44. The first-order chi connectivity index (χ1) is 15.2. The molecule has 3 saturated carbocycles. The maximum atomic E-state index is 13.5. The van der Waals surface area contributed by atoms with Gasteiger partial charge < -0.3 is 20.5 Å². The molecule has 0 radical (unpaired) electrons. The van der Waals surface area contributed by atoms with Crippen LogP contribution < -0.4 is 15.4 Å². The molecule has 0 aliphatic heterocycles. The molecule has 3 aliphatic carbocycles. The molecule has 0 saturated heterocycles. The number of carbonyl (C=O) groups excluding carboxylic acids is 2. The minimum atomic E-state index is -0.812. The number of amides is 2. The fourth-order valence-corrected chi connectivity index (χ4v) is 4.77. The van der Waals surface area contributed by atoms with Crippen LogP contribution in [0.15, 0.2) is 36.5 Å². The number of aliphatic hydroxyl groups is 1. The maximum absolute atomic E-state index is 13.5. The second-order valence-electron chi connectivity index (χ2n) is 8.74. The van der Waals surface area contributed by atoms with Crippen LogP contribution in [0.4, 0.5) is 4.39 Å². The second kappa shape index (κ2) is 8.67. The fraction of sp³-hybridized carbons (Fsp3) is 0.435. The number of benzene rings is 1.